The second-order valence-electron chi connectivity index (χ2n) is 6.62. The number of hydrogen-bond donors (Lipinski definition) is 0. The van der Waals surface area contributed by atoms with Gasteiger partial charge in [0, 0.05) is 30.1 Å². The summed E-state index contributed by atoms with van der Waals surface area (Å²) < 4.78 is 10.6. The molecule has 0 atom stereocenters. The first-order chi connectivity index (χ1) is 13.2. The van der Waals surface area contributed by atoms with E-state index in [9.17, 15) is 4.79 Å². The summed E-state index contributed by atoms with van der Waals surface area (Å²) in [6.07, 6.45) is 1.64. The number of aromatic nitrogens is 2. The van der Waals surface area contributed by atoms with Crippen LogP contribution in [-0.2, 0) is 0 Å². The molecule has 1 amide bonds. The van der Waals surface area contributed by atoms with Crippen LogP contribution < -0.4 is 4.74 Å². The van der Waals surface area contributed by atoms with Gasteiger partial charge < -0.3 is 14.2 Å². The first kappa shape index (κ1) is 17.3. The normalized spacial score (nSPS) is 14.9. The highest BCUT2D eigenvalue weighted by Crippen LogP contribution is 2.29. The molecule has 0 saturated carbocycles. The van der Waals surface area contributed by atoms with Crippen LogP contribution in [0.1, 0.15) is 35.0 Å². The molecule has 2 aromatic carbocycles. The quantitative estimate of drug-likeness (QED) is 0.706. The van der Waals surface area contributed by atoms with E-state index in [2.05, 4.69) is 10.1 Å². The number of hydrogen-bond acceptors (Lipinski definition) is 5. The first-order valence-corrected chi connectivity index (χ1v) is 9.07. The molecule has 0 N–H and O–H groups in total. The van der Waals surface area contributed by atoms with E-state index in [1.165, 1.54) is 0 Å². The van der Waals surface area contributed by atoms with Crippen molar-refractivity contribution in [1.29, 1.82) is 0 Å². The zero-order valence-electron chi connectivity index (χ0n) is 15.2. The lowest BCUT2D eigenvalue weighted by Crippen LogP contribution is -2.37. The minimum Gasteiger partial charge on any atom is -0.497 e. The van der Waals surface area contributed by atoms with E-state index in [0.29, 0.717) is 30.4 Å². The van der Waals surface area contributed by atoms with Crippen molar-refractivity contribution < 1.29 is 14.1 Å². The van der Waals surface area contributed by atoms with Crippen molar-refractivity contribution in [3.05, 3.63) is 66.1 Å². The fraction of sp³-hybridized carbons (Fsp3) is 0.286. The summed E-state index contributed by atoms with van der Waals surface area (Å²) in [5.74, 6) is 2.25. The summed E-state index contributed by atoms with van der Waals surface area (Å²) in [5.41, 5.74) is 1.62. The van der Waals surface area contributed by atoms with Gasteiger partial charge in [0.15, 0.2) is 0 Å². The van der Waals surface area contributed by atoms with Gasteiger partial charge in [-0.05, 0) is 37.1 Å². The van der Waals surface area contributed by atoms with Crippen LogP contribution in [-0.4, -0.2) is 41.1 Å². The fourth-order valence-corrected chi connectivity index (χ4v) is 3.35. The molecule has 6 heteroatoms. The average molecular weight is 363 g/mol. The number of carbonyl (C=O) groups excluding carboxylic acids is 1. The smallest absolute Gasteiger partial charge is 0.253 e. The number of rotatable bonds is 4. The second-order valence-corrected chi connectivity index (χ2v) is 6.62. The van der Waals surface area contributed by atoms with E-state index >= 15 is 0 Å². The zero-order valence-corrected chi connectivity index (χ0v) is 15.2. The molecular weight excluding hydrogens is 342 g/mol. The number of likely N-dealkylation sites (tertiary alicyclic amines) is 1. The molecule has 3 aromatic rings. The van der Waals surface area contributed by atoms with Gasteiger partial charge in [-0.1, -0.05) is 35.5 Å². The third kappa shape index (κ3) is 3.69. The molecule has 6 nitrogen and oxygen atoms in total. The third-order valence-corrected chi connectivity index (χ3v) is 4.94. The zero-order chi connectivity index (χ0) is 18.6. The predicted molar refractivity (Wildman–Crippen MR) is 101 cm³/mol. The molecule has 4 rings (SSSR count). The molecule has 2 heterocycles. The van der Waals surface area contributed by atoms with Crippen molar-refractivity contribution >= 4 is 5.91 Å². The van der Waals surface area contributed by atoms with Gasteiger partial charge in [0.05, 0.1) is 7.11 Å². The van der Waals surface area contributed by atoms with Gasteiger partial charge in [-0.25, -0.2) is 0 Å². The Bertz CT molecular complexity index is 898. The first-order valence-electron chi connectivity index (χ1n) is 9.07. The highest BCUT2D eigenvalue weighted by Gasteiger charge is 2.28. The van der Waals surface area contributed by atoms with E-state index in [4.69, 9.17) is 9.26 Å². The largest absolute Gasteiger partial charge is 0.497 e. The van der Waals surface area contributed by atoms with Crippen molar-refractivity contribution in [2.24, 2.45) is 0 Å². The Hall–Kier alpha value is -3.15. The standard InChI is InChI=1S/C21H21N3O3/c1-26-18-9-7-17(8-10-18)21(25)24-13-11-16(12-14-24)20-22-19(23-27-20)15-5-3-2-4-6-15/h2-10,16H,11-14H2,1H3. The van der Waals surface area contributed by atoms with Crippen LogP contribution in [0.4, 0.5) is 0 Å². The maximum Gasteiger partial charge on any atom is 0.253 e. The highest BCUT2D eigenvalue weighted by atomic mass is 16.5. The number of benzene rings is 2. The number of ether oxygens (including phenoxy) is 1. The molecule has 1 saturated heterocycles. The molecule has 138 valence electrons. The topological polar surface area (TPSA) is 68.5 Å². The summed E-state index contributed by atoms with van der Waals surface area (Å²) in [6.45, 7) is 1.36. The number of nitrogens with zero attached hydrogens (tertiary/aromatic N) is 3. The molecule has 0 spiro atoms. The molecule has 1 fully saturated rings. The van der Waals surface area contributed by atoms with Crippen molar-refractivity contribution in [2.75, 3.05) is 20.2 Å². The SMILES string of the molecule is COc1ccc(C(=O)N2CCC(c3nc(-c4ccccc4)no3)CC2)cc1. The Kier molecular flexibility index (Phi) is 4.87. The summed E-state index contributed by atoms with van der Waals surface area (Å²) in [4.78, 5) is 19.1. The fourth-order valence-electron chi connectivity index (χ4n) is 3.35. The Balaban J connectivity index is 1.39. The molecule has 0 unspecified atom stereocenters. The molecule has 0 radical (unpaired) electrons. The highest BCUT2D eigenvalue weighted by molar-refractivity contribution is 5.94. The van der Waals surface area contributed by atoms with Crippen LogP contribution in [0.3, 0.4) is 0 Å². The Morgan fingerprint density at radius 2 is 1.78 bits per heavy atom. The van der Waals surface area contributed by atoms with E-state index in [0.717, 1.165) is 24.2 Å². The van der Waals surface area contributed by atoms with E-state index in [-0.39, 0.29) is 11.8 Å². The van der Waals surface area contributed by atoms with Crippen LogP contribution in [0.2, 0.25) is 0 Å². The number of carbonyl (C=O) groups is 1. The predicted octanol–water partition coefficient (Wildman–Crippen LogP) is 3.77. The monoisotopic (exact) mass is 363 g/mol. The van der Waals surface area contributed by atoms with Crippen LogP contribution in [0, 0.1) is 0 Å². The second kappa shape index (κ2) is 7.61. The van der Waals surface area contributed by atoms with Crippen molar-refractivity contribution in [1.82, 2.24) is 15.0 Å². The van der Waals surface area contributed by atoms with Crippen molar-refractivity contribution in [3.63, 3.8) is 0 Å². The van der Waals surface area contributed by atoms with Gasteiger partial charge in [-0.2, -0.15) is 4.98 Å². The maximum atomic E-state index is 12.7. The van der Waals surface area contributed by atoms with Crippen molar-refractivity contribution in [3.8, 4) is 17.1 Å². The Morgan fingerprint density at radius 3 is 2.44 bits per heavy atom. The third-order valence-electron chi connectivity index (χ3n) is 4.94. The molecule has 1 aromatic heterocycles. The van der Waals surface area contributed by atoms with Crippen LogP contribution in [0.15, 0.2) is 59.1 Å². The lowest BCUT2D eigenvalue weighted by Gasteiger charge is -2.30. The van der Waals surface area contributed by atoms with Gasteiger partial charge in [0.1, 0.15) is 5.75 Å². The number of piperidine rings is 1. The lowest BCUT2D eigenvalue weighted by atomic mass is 9.96. The van der Waals surface area contributed by atoms with E-state index in [1.807, 2.05) is 47.4 Å². The molecule has 0 bridgehead atoms. The minimum absolute atomic E-state index is 0.0478. The summed E-state index contributed by atoms with van der Waals surface area (Å²) in [6, 6.07) is 17.0. The lowest BCUT2D eigenvalue weighted by molar-refractivity contribution is 0.0704. The van der Waals surface area contributed by atoms with Gasteiger partial charge >= 0.3 is 0 Å². The maximum absolute atomic E-state index is 12.7. The molecule has 1 aliphatic heterocycles. The van der Waals surface area contributed by atoms with Gasteiger partial charge in [-0.3, -0.25) is 4.79 Å². The van der Waals surface area contributed by atoms with Crippen LogP contribution in [0.25, 0.3) is 11.4 Å². The average Bonchev–Trinajstić information content (AvgIpc) is 3.24. The Labute approximate surface area is 157 Å². The van der Waals surface area contributed by atoms with E-state index in [1.54, 1.807) is 19.2 Å². The molecular formula is C21H21N3O3. The minimum atomic E-state index is 0.0478. The van der Waals surface area contributed by atoms with Crippen LogP contribution in [0.5, 0.6) is 5.75 Å². The molecule has 27 heavy (non-hydrogen) atoms. The summed E-state index contributed by atoms with van der Waals surface area (Å²) >= 11 is 0. The molecule has 1 aliphatic rings. The summed E-state index contributed by atoms with van der Waals surface area (Å²) in [5, 5.41) is 4.10. The van der Waals surface area contributed by atoms with Crippen LogP contribution >= 0.6 is 0 Å². The van der Waals surface area contributed by atoms with Crippen molar-refractivity contribution in [2.45, 2.75) is 18.8 Å². The van der Waals surface area contributed by atoms with Gasteiger partial charge in [0.25, 0.3) is 5.91 Å². The summed E-state index contributed by atoms with van der Waals surface area (Å²) in [7, 11) is 1.61. The molecule has 0 aliphatic carbocycles. The van der Waals surface area contributed by atoms with Gasteiger partial charge in [0.2, 0.25) is 11.7 Å². The Morgan fingerprint density at radius 1 is 1.07 bits per heavy atom. The van der Waals surface area contributed by atoms with E-state index < -0.39 is 0 Å². The number of methoxy groups -OCH3 is 1. The van der Waals surface area contributed by atoms with Gasteiger partial charge in [-0.15, -0.1) is 0 Å². The number of amides is 1.